The predicted molar refractivity (Wildman–Crippen MR) is 100 cm³/mol. The zero-order chi connectivity index (χ0) is 17.8. The van der Waals surface area contributed by atoms with E-state index in [1.54, 1.807) is 18.0 Å². The summed E-state index contributed by atoms with van der Waals surface area (Å²) < 4.78 is 13.5. The minimum atomic E-state index is 0.469. The molecule has 2 aromatic rings. The molecule has 0 aliphatic heterocycles. The van der Waals surface area contributed by atoms with Gasteiger partial charge >= 0.3 is 0 Å². The first-order valence-corrected chi connectivity index (χ1v) is 9.01. The van der Waals surface area contributed by atoms with Crippen LogP contribution in [0.3, 0.4) is 0 Å². The molecule has 0 radical (unpaired) electrons. The highest BCUT2D eigenvalue weighted by Gasteiger charge is 2.29. The van der Waals surface area contributed by atoms with Crippen molar-refractivity contribution in [2.75, 3.05) is 13.7 Å². The first kappa shape index (κ1) is 17.7. The Morgan fingerprint density at radius 2 is 2.20 bits per heavy atom. The fourth-order valence-corrected chi connectivity index (χ4v) is 2.62. The van der Waals surface area contributed by atoms with Crippen molar-refractivity contribution in [3.63, 3.8) is 0 Å². The van der Waals surface area contributed by atoms with Gasteiger partial charge in [0.25, 0.3) is 0 Å². The molecular weight excluding hydrogens is 336 g/mol. The Balaban J connectivity index is 1.74. The van der Waals surface area contributed by atoms with E-state index in [2.05, 4.69) is 29.1 Å². The van der Waals surface area contributed by atoms with E-state index in [0.29, 0.717) is 29.0 Å². The molecule has 1 N–H and O–H groups in total. The van der Waals surface area contributed by atoms with E-state index in [1.165, 1.54) is 0 Å². The van der Waals surface area contributed by atoms with Crippen molar-refractivity contribution in [3.05, 3.63) is 34.4 Å². The number of hydrogen-bond donors (Lipinski definition) is 1. The molecule has 134 valence electrons. The van der Waals surface area contributed by atoms with E-state index in [9.17, 15) is 0 Å². The van der Waals surface area contributed by atoms with Gasteiger partial charge in [-0.25, -0.2) is 0 Å². The number of aromatic nitrogens is 3. The Hall–Kier alpha value is -2.15. The third-order valence-corrected chi connectivity index (χ3v) is 4.34. The summed E-state index contributed by atoms with van der Waals surface area (Å²) in [5, 5.41) is 11.6. The molecule has 3 rings (SSSR count). The van der Waals surface area contributed by atoms with Gasteiger partial charge in [-0.15, -0.1) is 0 Å². The van der Waals surface area contributed by atoms with Crippen LogP contribution in [-0.2, 0) is 0 Å². The van der Waals surface area contributed by atoms with Gasteiger partial charge in [0.15, 0.2) is 17.3 Å². The summed E-state index contributed by atoms with van der Waals surface area (Å²) in [6, 6.07) is 5.78. The zero-order valence-electron chi connectivity index (χ0n) is 14.9. The lowest BCUT2D eigenvalue weighted by atomic mass is 10.1. The molecule has 1 aliphatic carbocycles. The van der Waals surface area contributed by atoms with Crippen molar-refractivity contribution in [2.24, 2.45) is 11.0 Å². The Bertz CT molecular complexity index is 806. The van der Waals surface area contributed by atoms with Crippen molar-refractivity contribution < 1.29 is 9.47 Å². The number of rotatable bonds is 8. The third-order valence-electron chi connectivity index (χ3n) is 4.08. The van der Waals surface area contributed by atoms with Crippen LogP contribution < -0.4 is 9.47 Å². The molecule has 1 fully saturated rings. The maximum absolute atomic E-state index is 5.82. The van der Waals surface area contributed by atoms with E-state index in [4.69, 9.17) is 21.7 Å². The summed E-state index contributed by atoms with van der Waals surface area (Å²) in [5.41, 5.74) is 0.915. The molecule has 1 heterocycles. The lowest BCUT2D eigenvalue weighted by Crippen LogP contribution is -2.03. The molecule has 25 heavy (non-hydrogen) atoms. The lowest BCUT2D eigenvalue weighted by molar-refractivity contribution is 0.273. The Labute approximate surface area is 152 Å². The van der Waals surface area contributed by atoms with Gasteiger partial charge in [0.1, 0.15) is 0 Å². The minimum absolute atomic E-state index is 0.469. The number of H-pyrrole nitrogens is 1. The summed E-state index contributed by atoms with van der Waals surface area (Å²) in [6.07, 6.45) is 5.06. The summed E-state index contributed by atoms with van der Waals surface area (Å²) in [4.78, 5) is 0. The molecule has 7 heteroatoms. The Morgan fingerprint density at radius 3 is 2.88 bits per heavy atom. The molecule has 1 saturated carbocycles. The fourth-order valence-electron chi connectivity index (χ4n) is 2.43. The average molecular weight is 360 g/mol. The van der Waals surface area contributed by atoms with Crippen LogP contribution in [0.25, 0.3) is 0 Å². The Kier molecular flexibility index (Phi) is 5.53. The molecule has 0 spiro atoms. The molecule has 1 aromatic heterocycles. The molecule has 1 aromatic carbocycles. The van der Waals surface area contributed by atoms with E-state index < -0.39 is 0 Å². The number of nitrogens with one attached hydrogen (secondary N) is 1. The van der Waals surface area contributed by atoms with Crippen LogP contribution >= 0.6 is 12.2 Å². The quantitative estimate of drug-likeness (QED) is 0.568. The van der Waals surface area contributed by atoms with Crippen molar-refractivity contribution >= 4 is 18.4 Å². The first-order valence-electron chi connectivity index (χ1n) is 8.61. The normalized spacial score (nSPS) is 14.4. The molecule has 0 bridgehead atoms. The smallest absolute Gasteiger partial charge is 0.216 e. The summed E-state index contributed by atoms with van der Waals surface area (Å²) in [5.74, 6) is 3.43. The van der Waals surface area contributed by atoms with Gasteiger partial charge in [-0.1, -0.05) is 13.8 Å². The molecule has 0 amide bonds. The van der Waals surface area contributed by atoms with Gasteiger partial charge in [-0.05, 0) is 61.2 Å². The van der Waals surface area contributed by atoms with Crippen molar-refractivity contribution in [1.82, 2.24) is 14.9 Å². The molecule has 6 nitrogen and oxygen atoms in total. The number of benzene rings is 1. The second-order valence-electron chi connectivity index (χ2n) is 6.66. The highest BCUT2D eigenvalue weighted by molar-refractivity contribution is 7.71. The highest BCUT2D eigenvalue weighted by atomic mass is 32.1. The molecule has 0 saturated heterocycles. The number of nitrogens with zero attached hydrogens (tertiary/aromatic N) is 3. The fraction of sp³-hybridized carbons (Fsp3) is 0.500. The van der Waals surface area contributed by atoms with Gasteiger partial charge in [0, 0.05) is 5.92 Å². The zero-order valence-corrected chi connectivity index (χ0v) is 15.7. The summed E-state index contributed by atoms with van der Waals surface area (Å²) >= 11 is 5.26. The average Bonchev–Trinajstić information content (AvgIpc) is 3.37. The van der Waals surface area contributed by atoms with Crippen molar-refractivity contribution in [3.8, 4) is 11.5 Å². The van der Waals surface area contributed by atoms with Gasteiger partial charge in [0.05, 0.1) is 19.9 Å². The SMILES string of the molecule is COc1cc(/C=N\n2c(C3CC3)n[nH]c2=S)ccc1OCCC(C)C. The summed E-state index contributed by atoms with van der Waals surface area (Å²) in [7, 11) is 1.64. The van der Waals surface area contributed by atoms with Crippen LogP contribution in [0.4, 0.5) is 0 Å². The standard InChI is InChI=1S/C18H24N4O2S/c1-12(2)8-9-24-15-7-4-13(10-16(15)23-3)11-19-22-17(14-5-6-14)20-21-18(22)25/h4,7,10-12,14H,5-6,8-9H2,1-3H3,(H,21,25)/b19-11-. The number of ether oxygens (including phenoxy) is 2. The van der Waals surface area contributed by atoms with Gasteiger partial charge in [-0.3, -0.25) is 5.10 Å². The van der Waals surface area contributed by atoms with E-state index in [-0.39, 0.29) is 0 Å². The van der Waals surface area contributed by atoms with Crippen LogP contribution in [0.2, 0.25) is 0 Å². The second-order valence-corrected chi connectivity index (χ2v) is 7.05. The van der Waals surface area contributed by atoms with Gasteiger partial charge in [-0.2, -0.15) is 14.9 Å². The van der Waals surface area contributed by atoms with Crippen LogP contribution in [0.15, 0.2) is 23.3 Å². The van der Waals surface area contributed by atoms with E-state index in [0.717, 1.165) is 36.4 Å². The van der Waals surface area contributed by atoms with E-state index in [1.807, 2.05) is 18.2 Å². The molecule has 1 aliphatic rings. The lowest BCUT2D eigenvalue weighted by Gasteiger charge is -2.12. The summed E-state index contributed by atoms with van der Waals surface area (Å²) in [6.45, 7) is 5.03. The predicted octanol–water partition coefficient (Wildman–Crippen LogP) is 4.13. The Morgan fingerprint density at radius 1 is 1.40 bits per heavy atom. The third kappa shape index (κ3) is 4.48. The van der Waals surface area contributed by atoms with Gasteiger partial charge < -0.3 is 9.47 Å². The molecule has 0 unspecified atom stereocenters. The molecule has 0 atom stereocenters. The maximum atomic E-state index is 5.82. The van der Waals surface area contributed by atoms with Crippen LogP contribution in [0.1, 0.15) is 50.4 Å². The topological polar surface area (TPSA) is 64.4 Å². The van der Waals surface area contributed by atoms with Crippen molar-refractivity contribution in [2.45, 2.75) is 39.0 Å². The van der Waals surface area contributed by atoms with Crippen LogP contribution in [-0.4, -0.2) is 34.8 Å². The molecular formula is C18H24N4O2S. The monoisotopic (exact) mass is 360 g/mol. The second kappa shape index (κ2) is 7.82. The largest absolute Gasteiger partial charge is 0.493 e. The number of methoxy groups -OCH3 is 1. The van der Waals surface area contributed by atoms with Crippen molar-refractivity contribution in [1.29, 1.82) is 0 Å². The van der Waals surface area contributed by atoms with Crippen LogP contribution in [0.5, 0.6) is 11.5 Å². The van der Waals surface area contributed by atoms with E-state index >= 15 is 0 Å². The van der Waals surface area contributed by atoms with Crippen LogP contribution in [0, 0.1) is 10.7 Å². The van der Waals surface area contributed by atoms with Gasteiger partial charge in [0.2, 0.25) is 4.77 Å². The number of hydrogen-bond acceptors (Lipinski definition) is 5. The number of aromatic amines is 1. The minimum Gasteiger partial charge on any atom is -0.493 e. The first-order chi connectivity index (χ1) is 12.1. The maximum Gasteiger partial charge on any atom is 0.216 e. The highest BCUT2D eigenvalue weighted by Crippen LogP contribution is 2.38.